The number of nitrogens with zero attached hydrogens (tertiary/aromatic N) is 3. The molecule has 0 radical (unpaired) electrons. The summed E-state index contributed by atoms with van der Waals surface area (Å²) in [7, 11) is 0. The van der Waals surface area contributed by atoms with Crippen molar-refractivity contribution in [2.75, 3.05) is 32.7 Å². The molecule has 0 aromatic rings. The molecule has 0 aromatic heterocycles. The Hall–Kier alpha value is -0.120. The van der Waals surface area contributed by atoms with Crippen LogP contribution in [-0.2, 0) is 0 Å². The predicted molar refractivity (Wildman–Crippen MR) is 89.7 cm³/mol. The molecule has 3 heteroatoms. The zero-order chi connectivity index (χ0) is 15.0. The van der Waals surface area contributed by atoms with Gasteiger partial charge in [0, 0.05) is 37.3 Å². The van der Waals surface area contributed by atoms with Gasteiger partial charge in [0.05, 0.1) is 0 Å². The van der Waals surface area contributed by atoms with E-state index in [2.05, 4.69) is 42.4 Å². The lowest BCUT2D eigenvalue weighted by molar-refractivity contribution is -0.00592. The molecule has 3 nitrogen and oxygen atoms in total. The summed E-state index contributed by atoms with van der Waals surface area (Å²) in [6, 6.07) is 3.22. The lowest BCUT2D eigenvalue weighted by Gasteiger charge is -2.50. The summed E-state index contributed by atoms with van der Waals surface area (Å²) in [5.74, 6) is 0.955. The summed E-state index contributed by atoms with van der Waals surface area (Å²) in [6.45, 7) is 16.1. The van der Waals surface area contributed by atoms with Gasteiger partial charge in [-0.3, -0.25) is 9.80 Å². The van der Waals surface area contributed by atoms with Crippen molar-refractivity contribution < 1.29 is 0 Å². The smallest absolute Gasteiger partial charge is 0.0241 e. The minimum Gasteiger partial charge on any atom is -0.301 e. The number of hydrogen-bond acceptors (Lipinski definition) is 3. The zero-order valence-corrected chi connectivity index (χ0v) is 14.6. The van der Waals surface area contributed by atoms with Crippen molar-refractivity contribution >= 4 is 0 Å². The van der Waals surface area contributed by atoms with Crippen LogP contribution in [0.2, 0.25) is 0 Å². The highest BCUT2D eigenvalue weighted by atomic mass is 15.3. The van der Waals surface area contributed by atoms with E-state index < -0.39 is 0 Å². The first-order chi connectivity index (χ1) is 10.0. The van der Waals surface area contributed by atoms with Gasteiger partial charge in [0.1, 0.15) is 0 Å². The third kappa shape index (κ3) is 3.46. The Balaban J connectivity index is 1.49. The van der Waals surface area contributed by atoms with Crippen molar-refractivity contribution in [3.63, 3.8) is 0 Å². The minimum atomic E-state index is 0.723. The van der Waals surface area contributed by atoms with Crippen LogP contribution in [0.5, 0.6) is 0 Å². The Morgan fingerprint density at radius 1 is 0.810 bits per heavy atom. The lowest BCUT2D eigenvalue weighted by Crippen LogP contribution is -2.59. The molecule has 21 heavy (non-hydrogen) atoms. The normalized spacial score (nSPS) is 33.4. The van der Waals surface area contributed by atoms with Crippen LogP contribution in [0.3, 0.4) is 0 Å². The predicted octanol–water partition coefficient (Wildman–Crippen LogP) is 2.66. The van der Waals surface area contributed by atoms with Crippen LogP contribution < -0.4 is 0 Å². The second kappa shape index (κ2) is 6.55. The van der Waals surface area contributed by atoms with Crippen LogP contribution in [0, 0.1) is 5.92 Å². The molecule has 0 N–H and O–H groups in total. The fraction of sp³-hybridized carbons (Fsp3) is 1.00. The summed E-state index contributed by atoms with van der Waals surface area (Å²) in [4.78, 5) is 8.23. The van der Waals surface area contributed by atoms with E-state index in [0.29, 0.717) is 0 Å². The molecule has 2 atom stereocenters. The Morgan fingerprint density at radius 3 is 2.05 bits per heavy atom. The van der Waals surface area contributed by atoms with E-state index in [1.54, 1.807) is 0 Å². The van der Waals surface area contributed by atoms with Crippen molar-refractivity contribution in [3.05, 3.63) is 0 Å². The van der Waals surface area contributed by atoms with Gasteiger partial charge in [-0.2, -0.15) is 0 Å². The molecule has 2 bridgehead atoms. The SMILES string of the molecule is CC(C)N1CCC(CN2C3CCN(C(C)C)CC2C3)CC1. The fourth-order valence-electron chi connectivity index (χ4n) is 4.60. The fourth-order valence-corrected chi connectivity index (χ4v) is 4.60. The van der Waals surface area contributed by atoms with Gasteiger partial charge < -0.3 is 4.90 Å². The largest absolute Gasteiger partial charge is 0.301 e. The maximum atomic E-state index is 2.87. The third-order valence-electron chi connectivity index (χ3n) is 6.26. The average molecular weight is 293 g/mol. The monoisotopic (exact) mass is 293 g/mol. The van der Waals surface area contributed by atoms with E-state index in [4.69, 9.17) is 0 Å². The molecule has 0 amide bonds. The highest BCUT2D eigenvalue weighted by molar-refractivity contribution is 4.99. The van der Waals surface area contributed by atoms with Crippen LogP contribution in [0.4, 0.5) is 0 Å². The molecule has 0 aromatic carbocycles. The zero-order valence-electron chi connectivity index (χ0n) is 14.6. The highest BCUT2D eigenvalue weighted by Crippen LogP contribution is 2.35. The topological polar surface area (TPSA) is 9.72 Å². The van der Waals surface area contributed by atoms with E-state index >= 15 is 0 Å². The van der Waals surface area contributed by atoms with Crippen LogP contribution in [0.15, 0.2) is 0 Å². The maximum absolute atomic E-state index is 2.87. The van der Waals surface area contributed by atoms with Gasteiger partial charge >= 0.3 is 0 Å². The third-order valence-corrected chi connectivity index (χ3v) is 6.26. The molecule has 3 aliphatic heterocycles. The summed E-state index contributed by atoms with van der Waals surface area (Å²) in [5, 5.41) is 0. The molecule has 122 valence electrons. The van der Waals surface area contributed by atoms with Crippen LogP contribution in [0.1, 0.15) is 53.4 Å². The van der Waals surface area contributed by atoms with Crippen LogP contribution >= 0.6 is 0 Å². The number of likely N-dealkylation sites (tertiary alicyclic amines) is 2. The summed E-state index contributed by atoms with van der Waals surface area (Å²) in [5.41, 5.74) is 0. The molecule has 3 heterocycles. The highest BCUT2D eigenvalue weighted by Gasteiger charge is 2.42. The summed E-state index contributed by atoms with van der Waals surface area (Å²) in [6.07, 6.45) is 5.71. The van der Waals surface area contributed by atoms with Crippen molar-refractivity contribution in [2.45, 2.75) is 77.5 Å². The number of hydrogen-bond donors (Lipinski definition) is 0. The first kappa shape index (κ1) is 15.8. The molecule has 2 unspecified atom stereocenters. The molecule has 0 saturated carbocycles. The second-order valence-electron chi connectivity index (χ2n) is 8.19. The van der Waals surface area contributed by atoms with E-state index in [0.717, 1.165) is 30.1 Å². The van der Waals surface area contributed by atoms with Gasteiger partial charge in [-0.15, -0.1) is 0 Å². The molecule has 3 rings (SSSR count). The lowest BCUT2D eigenvalue weighted by atomic mass is 9.87. The molecule has 0 spiro atoms. The molecule has 3 fully saturated rings. The second-order valence-corrected chi connectivity index (χ2v) is 8.19. The molecule has 3 saturated heterocycles. The summed E-state index contributed by atoms with van der Waals surface area (Å²) < 4.78 is 0. The molecule has 3 aliphatic rings. The van der Waals surface area contributed by atoms with Crippen molar-refractivity contribution in [2.24, 2.45) is 5.92 Å². The average Bonchev–Trinajstić information content (AvgIpc) is 2.77. The van der Waals surface area contributed by atoms with Crippen LogP contribution in [0.25, 0.3) is 0 Å². The van der Waals surface area contributed by atoms with Gasteiger partial charge in [0.15, 0.2) is 0 Å². The van der Waals surface area contributed by atoms with Gasteiger partial charge in [-0.05, 0) is 78.9 Å². The molecular weight excluding hydrogens is 258 g/mol. The van der Waals surface area contributed by atoms with E-state index in [1.165, 1.54) is 58.4 Å². The van der Waals surface area contributed by atoms with Gasteiger partial charge in [0.25, 0.3) is 0 Å². The standard InChI is InChI=1S/C18H35N3/c1-14(2)19-8-5-16(6-9-19)12-21-17-7-10-20(15(3)4)13-18(21)11-17/h14-18H,5-13H2,1-4H3. The Bertz CT molecular complexity index is 333. The van der Waals surface area contributed by atoms with Gasteiger partial charge in [0.2, 0.25) is 0 Å². The number of piperidine rings is 1. The Morgan fingerprint density at radius 2 is 1.43 bits per heavy atom. The summed E-state index contributed by atoms with van der Waals surface area (Å²) >= 11 is 0. The van der Waals surface area contributed by atoms with Gasteiger partial charge in [-0.25, -0.2) is 0 Å². The Kier molecular flexibility index (Phi) is 4.92. The van der Waals surface area contributed by atoms with Crippen molar-refractivity contribution in [1.29, 1.82) is 0 Å². The quantitative estimate of drug-likeness (QED) is 0.789. The molecular formula is C18H35N3. The van der Waals surface area contributed by atoms with Crippen molar-refractivity contribution in [1.82, 2.24) is 14.7 Å². The van der Waals surface area contributed by atoms with E-state index in [1.807, 2.05) is 0 Å². The number of fused-ring (bicyclic) bond motifs is 2. The van der Waals surface area contributed by atoms with E-state index in [-0.39, 0.29) is 0 Å². The first-order valence-electron chi connectivity index (χ1n) is 9.28. The van der Waals surface area contributed by atoms with Gasteiger partial charge in [-0.1, -0.05) is 0 Å². The Labute approximate surface area is 131 Å². The number of rotatable bonds is 4. The molecule has 0 aliphatic carbocycles. The van der Waals surface area contributed by atoms with E-state index in [9.17, 15) is 0 Å². The maximum Gasteiger partial charge on any atom is 0.0241 e. The minimum absolute atomic E-state index is 0.723. The van der Waals surface area contributed by atoms with Crippen LogP contribution in [-0.4, -0.2) is 71.6 Å². The first-order valence-corrected chi connectivity index (χ1v) is 9.28. The van der Waals surface area contributed by atoms with Crippen molar-refractivity contribution in [3.8, 4) is 0 Å².